The third-order valence-electron chi connectivity index (χ3n) is 3.26. The summed E-state index contributed by atoms with van der Waals surface area (Å²) in [6.07, 6.45) is 2.35. The molecule has 2 nitrogen and oxygen atoms in total. The quantitative estimate of drug-likeness (QED) is 0.762. The summed E-state index contributed by atoms with van der Waals surface area (Å²) in [5.41, 5.74) is 0.892. The largest absolute Gasteiger partial charge is 0.384 e. The average Bonchev–Trinajstić information content (AvgIpc) is 2.48. The van der Waals surface area contributed by atoms with Gasteiger partial charge in [0, 0.05) is 27.8 Å². The molecular formula is C16H11BrFNO. The van der Waals surface area contributed by atoms with Gasteiger partial charge in [-0.25, -0.2) is 4.39 Å². The summed E-state index contributed by atoms with van der Waals surface area (Å²) >= 11 is 3.30. The summed E-state index contributed by atoms with van der Waals surface area (Å²) in [6.45, 7) is 0. The lowest BCUT2D eigenvalue weighted by Crippen LogP contribution is -2.03. The van der Waals surface area contributed by atoms with Crippen LogP contribution in [0.3, 0.4) is 0 Å². The van der Waals surface area contributed by atoms with E-state index >= 15 is 0 Å². The third kappa shape index (κ3) is 2.32. The molecule has 0 aliphatic heterocycles. The summed E-state index contributed by atoms with van der Waals surface area (Å²) in [4.78, 5) is 4.08. The number of aliphatic hydroxyl groups excluding tert-OH is 1. The van der Waals surface area contributed by atoms with Crippen molar-refractivity contribution < 1.29 is 9.50 Å². The molecule has 4 heteroatoms. The van der Waals surface area contributed by atoms with Gasteiger partial charge >= 0.3 is 0 Å². The Balaban J connectivity index is 2.17. The standard InChI is InChI=1S/C16H11BrFNO/c17-11-4-5-15(18)13(8-11)16(20)12-3-1-2-10-6-7-19-9-14(10)12/h1-9,16,20H. The second-order valence-electron chi connectivity index (χ2n) is 4.51. The van der Waals surface area contributed by atoms with Crippen LogP contribution in [-0.2, 0) is 0 Å². The molecule has 0 saturated carbocycles. The van der Waals surface area contributed by atoms with E-state index in [1.54, 1.807) is 30.6 Å². The minimum atomic E-state index is -1.03. The van der Waals surface area contributed by atoms with Crippen molar-refractivity contribution in [3.8, 4) is 0 Å². The van der Waals surface area contributed by atoms with Crippen LogP contribution in [0.1, 0.15) is 17.2 Å². The molecule has 20 heavy (non-hydrogen) atoms. The Morgan fingerprint density at radius 3 is 2.80 bits per heavy atom. The van der Waals surface area contributed by atoms with Crippen molar-refractivity contribution in [2.75, 3.05) is 0 Å². The fourth-order valence-corrected chi connectivity index (χ4v) is 2.65. The molecule has 0 fully saturated rings. The van der Waals surface area contributed by atoms with Crippen LogP contribution in [0.5, 0.6) is 0 Å². The Hall–Kier alpha value is -1.78. The minimum absolute atomic E-state index is 0.246. The van der Waals surface area contributed by atoms with Gasteiger partial charge in [0.15, 0.2) is 0 Å². The number of benzene rings is 2. The Labute approximate surface area is 124 Å². The number of pyridine rings is 1. The molecule has 0 aliphatic rings. The van der Waals surface area contributed by atoms with Gasteiger partial charge in [-0.2, -0.15) is 0 Å². The molecule has 3 rings (SSSR count). The number of fused-ring (bicyclic) bond motifs is 1. The lowest BCUT2D eigenvalue weighted by Gasteiger charge is -2.15. The van der Waals surface area contributed by atoms with Crippen LogP contribution < -0.4 is 0 Å². The van der Waals surface area contributed by atoms with Gasteiger partial charge in [0.25, 0.3) is 0 Å². The number of aliphatic hydroxyl groups is 1. The fraction of sp³-hybridized carbons (Fsp3) is 0.0625. The highest BCUT2D eigenvalue weighted by Gasteiger charge is 2.17. The number of hydrogen-bond acceptors (Lipinski definition) is 2. The molecule has 0 saturated heterocycles. The molecule has 0 spiro atoms. The lowest BCUT2D eigenvalue weighted by atomic mass is 9.97. The maximum absolute atomic E-state index is 13.9. The van der Waals surface area contributed by atoms with E-state index in [-0.39, 0.29) is 5.56 Å². The molecule has 0 amide bonds. The minimum Gasteiger partial charge on any atom is -0.384 e. The molecule has 1 heterocycles. The van der Waals surface area contributed by atoms with E-state index in [1.807, 2.05) is 18.2 Å². The number of hydrogen-bond donors (Lipinski definition) is 1. The SMILES string of the molecule is OC(c1cc(Br)ccc1F)c1cccc2ccncc12. The molecule has 1 unspecified atom stereocenters. The van der Waals surface area contributed by atoms with Crippen LogP contribution in [0.2, 0.25) is 0 Å². The molecule has 0 bridgehead atoms. The number of rotatable bonds is 2. The number of nitrogens with zero attached hydrogens (tertiary/aromatic N) is 1. The zero-order valence-corrected chi connectivity index (χ0v) is 12.0. The van der Waals surface area contributed by atoms with Gasteiger partial charge in [0.2, 0.25) is 0 Å². The molecular weight excluding hydrogens is 321 g/mol. The van der Waals surface area contributed by atoms with Crippen molar-refractivity contribution in [2.45, 2.75) is 6.10 Å². The molecule has 3 aromatic rings. The Morgan fingerprint density at radius 1 is 1.10 bits per heavy atom. The van der Waals surface area contributed by atoms with Crippen molar-refractivity contribution in [2.24, 2.45) is 0 Å². The van der Waals surface area contributed by atoms with Gasteiger partial charge in [-0.05, 0) is 35.2 Å². The molecule has 100 valence electrons. The van der Waals surface area contributed by atoms with Gasteiger partial charge < -0.3 is 5.11 Å². The van der Waals surface area contributed by atoms with Crippen LogP contribution in [0.15, 0.2) is 59.3 Å². The summed E-state index contributed by atoms with van der Waals surface area (Å²) in [6, 6.07) is 12.0. The predicted octanol–water partition coefficient (Wildman–Crippen LogP) is 4.22. The normalized spacial score (nSPS) is 12.6. The van der Waals surface area contributed by atoms with Crippen molar-refractivity contribution in [3.63, 3.8) is 0 Å². The Kier molecular flexibility index (Phi) is 3.51. The zero-order chi connectivity index (χ0) is 14.1. The van der Waals surface area contributed by atoms with Crippen LogP contribution >= 0.6 is 15.9 Å². The first kappa shape index (κ1) is 13.2. The van der Waals surface area contributed by atoms with Crippen molar-refractivity contribution >= 4 is 26.7 Å². The Morgan fingerprint density at radius 2 is 1.95 bits per heavy atom. The average molecular weight is 332 g/mol. The van der Waals surface area contributed by atoms with E-state index in [9.17, 15) is 9.50 Å². The smallest absolute Gasteiger partial charge is 0.129 e. The summed E-state index contributed by atoms with van der Waals surface area (Å²) in [5, 5.41) is 12.3. The molecule has 2 aromatic carbocycles. The van der Waals surface area contributed by atoms with E-state index < -0.39 is 11.9 Å². The maximum Gasteiger partial charge on any atom is 0.129 e. The second kappa shape index (κ2) is 5.31. The Bertz CT molecular complexity index is 770. The molecule has 0 radical (unpaired) electrons. The molecule has 0 aliphatic carbocycles. The topological polar surface area (TPSA) is 33.1 Å². The van der Waals surface area contributed by atoms with Crippen molar-refractivity contribution in [3.05, 3.63) is 76.3 Å². The van der Waals surface area contributed by atoms with E-state index in [4.69, 9.17) is 0 Å². The van der Waals surface area contributed by atoms with Crippen LogP contribution in [0, 0.1) is 5.82 Å². The molecule has 1 atom stereocenters. The van der Waals surface area contributed by atoms with Gasteiger partial charge in [-0.3, -0.25) is 4.98 Å². The first-order valence-corrected chi connectivity index (χ1v) is 6.92. The third-order valence-corrected chi connectivity index (χ3v) is 3.76. The summed E-state index contributed by atoms with van der Waals surface area (Å²) < 4.78 is 14.6. The van der Waals surface area contributed by atoms with E-state index in [0.717, 1.165) is 15.2 Å². The van der Waals surface area contributed by atoms with Gasteiger partial charge in [0.05, 0.1) is 0 Å². The molecule has 1 aromatic heterocycles. The van der Waals surface area contributed by atoms with E-state index in [0.29, 0.717) is 5.56 Å². The highest BCUT2D eigenvalue weighted by atomic mass is 79.9. The lowest BCUT2D eigenvalue weighted by molar-refractivity contribution is 0.216. The molecule has 1 N–H and O–H groups in total. The highest BCUT2D eigenvalue weighted by molar-refractivity contribution is 9.10. The number of halogens is 2. The maximum atomic E-state index is 13.9. The zero-order valence-electron chi connectivity index (χ0n) is 10.4. The first-order valence-electron chi connectivity index (χ1n) is 6.12. The highest BCUT2D eigenvalue weighted by Crippen LogP contribution is 2.31. The van der Waals surface area contributed by atoms with Gasteiger partial charge in [-0.1, -0.05) is 34.1 Å². The van der Waals surface area contributed by atoms with Crippen LogP contribution in [0.4, 0.5) is 4.39 Å². The predicted molar refractivity (Wildman–Crippen MR) is 79.9 cm³/mol. The van der Waals surface area contributed by atoms with Crippen LogP contribution in [-0.4, -0.2) is 10.1 Å². The monoisotopic (exact) mass is 331 g/mol. The van der Waals surface area contributed by atoms with Crippen LogP contribution in [0.25, 0.3) is 10.8 Å². The summed E-state index contributed by atoms with van der Waals surface area (Å²) in [7, 11) is 0. The van der Waals surface area contributed by atoms with Gasteiger partial charge in [0.1, 0.15) is 11.9 Å². The van der Waals surface area contributed by atoms with Crippen molar-refractivity contribution in [1.29, 1.82) is 0 Å². The van der Waals surface area contributed by atoms with Gasteiger partial charge in [-0.15, -0.1) is 0 Å². The second-order valence-corrected chi connectivity index (χ2v) is 5.43. The van der Waals surface area contributed by atoms with Crippen molar-refractivity contribution in [1.82, 2.24) is 4.98 Å². The summed E-state index contributed by atoms with van der Waals surface area (Å²) in [5.74, 6) is -0.429. The van der Waals surface area contributed by atoms with E-state index in [2.05, 4.69) is 20.9 Å². The number of aromatic nitrogens is 1. The fourth-order valence-electron chi connectivity index (χ4n) is 2.27. The first-order chi connectivity index (χ1) is 9.66. The van der Waals surface area contributed by atoms with E-state index in [1.165, 1.54) is 6.07 Å².